The second-order valence-electron chi connectivity index (χ2n) is 5.36. The van der Waals surface area contributed by atoms with Gasteiger partial charge in [-0.1, -0.05) is 52.5 Å². The lowest BCUT2D eigenvalue weighted by Crippen LogP contribution is -2.54. The maximum absolute atomic E-state index is 12.9. The molecule has 2 amide bonds. The van der Waals surface area contributed by atoms with Crippen LogP contribution < -0.4 is 10.2 Å². The Kier molecular flexibility index (Phi) is 5.65. The van der Waals surface area contributed by atoms with Gasteiger partial charge in [0.15, 0.2) is 10.9 Å². The van der Waals surface area contributed by atoms with Crippen molar-refractivity contribution in [1.29, 1.82) is 0 Å². The molecule has 0 spiro atoms. The van der Waals surface area contributed by atoms with Crippen LogP contribution in [-0.4, -0.2) is 22.0 Å². The summed E-state index contributed by atoms with van der Waals surface area (Å²) in [7, 11) is 0. The van der Waals surface area contributed by atoms with Crippen LogP contribution in [0.3, 0.4) is 0 Å². The second-order valence-corrected chi connectivity index (χ2v) is 7.35. The summed E-state index contributed by atoms with van der Waals surface area (Å²) in [5.41, 5.74) is 0.343. The van der Waals surface area contributed by atoms with Crippen LogP contribution in [0, 0.1) is 0 Å². The number of benzene rings is 2. The zero-order chi connectivity index (χ0) is 19.9. The molecule has 2 aromatic carbocycles. The van der Waals surface area contributed by atoms with E-state index >= 15 is 0 Å². The molecule has 10 heteroatoms. The number of nitrogens with zero attached hydrogens (tertiary/aromatic N) is 1. The molecule has 1 aliphatic heterocycles. The second kappa shape index (κ2) is 7.66. The minimum Gasteiger partial charge on any atom is -0.505 e. The first-order valence-electron chi connectivity index (χ1n) is 7.24. The van der Waals surface area contributed by atoms with Crippen LogP contribution in [0.25, 0.3) is 6.08 Å². The van der Waals surface area contributed by atoms with Gasteiger partial charge in [0.05, 0.1) is 25.8 Å². The first-order chi connectivity index (χ1) is 12.7. The number of hydrogen-bond donors (Lipinski definition) is 2. The summed E-state index contributed by atoms with van der Waals surface area (Å²) in [5.74, 6) is -1.69. The van der Waals surface area contributed by atoms with Crippen molar-refractivity contribution in [2.75, 3.05) is 4.90 Å². The van der Waals surface area contributed by atoms with E-state index in [9.17, 15) is 14.7 Å². The van der Waals surface area contributed by atoms with Crippen molar-refractivity contribution < 1.29 is 14.7 Å². The third-order valence-corrected chi connectivity index (χ3v) is 5.29. The number of amides is 2. The van der Waals surface area contributed by atoms with Crippen molar-refractivity contribution in [3.63, 3.8) is 0 Å². The van der Waals surface area contributed by atoms with Crippen LogP contribution in [0.5, 0.6) is 5.75 Å². The van der Waals surface area contributed by atoms with Crippen molar-refractivity contribution in [3.8, 4) is 5.75 Å². The zero-order valence-corrected chi connectivity index (χ0v) is 16.9. The average molecular weight is 462 g/mol. The number of hydrogen-bond acceptors (Lipinski definition) is 4. The maximum atomic E-state index is 12.9. The standard InChI is InChI=1S/C17H8Cl4N2O3S/c18-9-2-1-3-12(13(9)21)23-16(26)8(15(25)22-17(23)27)4-7-5-10(19)14(24)11(20)6-7/h1-6,24H,(H,22,25,27)/b8-4+. The van der Waals surface area contributed by atoms with Gasteiger partial charge in [-0.05, 0) is 48.1 Å². The van der Waals surface area contributed by atoms with Crippen molar-refractivity contribution in [2.45, 2.75) is 0 Å². The smallest absolute Gasteiger partial charge is 0.270 e. The van der Waals surface area contributed by atoms with E-state index in [4.69, 9.17) is 58.6 Å². The van der Waals surface area contributed by atoms with E-state index in [0.29, 0.717) is 5.56 Å². The number of anilines is 1. The summed E-state index contributed by atoms with van der Waals surface area (Å²) < 4.78 is 0. The van der Waals surface area contributed by atoms with Crippen LogP contribution in [0.4, 0.5) is 5.69 Å². The third-order valence-electron chi connectivity index (χ3n) is 3.62. The van der Waals surface area contributed by atoms with Gasteiger partial charge >= 0.3 is 0 Å². The van der Waals surface area contributed by atoms with Gasteiger partial charge in [0.1, 0.15) is 5.57 Å². The zero-order valence-electron chi connectivity index (χ0n) is 13.1. The fourth-order valence-electron chi connectivity index (χ4n) is 2.38. The van der Waals surface area contributed by atoms with Gasteiger partial charge in [-0.2, -0.15) is 0 Å². The normalized spacial score (nSPS) is 16.1. The number of halogens is 4. The molecule has 1 fully saturated rings. The number of phenolic OH excluding ortho intramolecular Hbond substituents is 1. The first kappa shape index (κ1) is 19.9. The lowest BCUT2D eigenvalue weighted by Gasteiger charge is -2.29. The molecule has 1 aliphatic rings. The Morgan fingerprint density at radius 1 is 1.04 bits per heavy atom. The average Bonchev–Trinajstić information content (AvgIpc) is 2.60. The van der Waals surface area contributed by atoms with Crippen molar-refractivity contribution in [1.82, 2.24) is 5.32 Å². The fourth-order valence-corrected chi connectivity index (χ4v) is 3.53. The van der Waals surface area contributed by atoms with Crippen LogP contribution in [0.2, 0.25) is 20.1 Å². The number of carbonyl (C=O) groups is 2. The van der Waals surface area contributed by atoms with E-state index in [2.05, 4.69) is 5.32 Å². The quantitative estimate of drug-likeness (QED) is 0.381. The van der Waals surface area contributed by atoms with E-state index < -0.39 is 11.8 Å². The third kappa shape index (κ3) is 3.77. The predicted octanol–water partition coefficient (Wildman–Crippen LogP) is 4.84. The number of aromatic hydroxyl groups is 1. The number of carbonyl (C=O) groups excluding carboxylic acids is 2. The highest BCUT2D eigenvalue weighted by Gasteiger charge is 2.35. The van der Waals surface area contributed by atoms with Crippen LogP contribution in [-0.2, 0) is 9.59 Å². The molecule has 2 aromatic rings. The molecule has 0 aliphatic carbocycles. The minimum atomic E-state index is -0.701. The molecule has 0 radical (unpaired) electrons. The summed E-state index contributed by atoms with van der Waals surface area (Å²) in [6.07, 6.45) is 1.28. The lowest BCUT2D eigenvalue weighted by atomic mass is 10.1. The van der Waals surface area contributed by atoms with Gasteiger partial charge in [0, 0.05) is 0 Å². The van der Waals surface area contributed by atoms with E-state index in [1.165, 1.54) is 18.2 Å². The Labute approximate surface area is 179 Å². The lowest BCUT2D eigenvalue weighted by molar-refractivity contribution is -0.122. The topological polar surface area (TPSA) is 69.6 Å². The number of nitrogens with one attached hydrogen (secondary N) is 1. The number of thiocarbonyl (C=S) groups is 1. The monoisotopic (exact) mass is 460 g/mol. The van der Waals surface area contributed by atoms with E-state index in [1.54, 1.807) is 18.2 Å². The molecule has 3 rings (SSSR count). The molecule has 2 N–H and O–H groups in total. The Balaban J connectivity index is 2.09. The molecular weight excluding hydrogens is 454 g/mol. The van der Waals surface area contributed by atoms with Gasteiger partial charge in [-0.3, -0.25) is 19.8 Å². The molecular formula is C17H8Cl4N2O3S. The highest BCUT2D eigenvalue weighted by Crippen LogP contribution is 2.36. The van der Waals surface area contributed by atoms with E-state index in [0.717, 1.165) is 4.90 Å². The highest BCUT2D eigenvalue weighted by atomic mass is 35.5. The Morgan fingerprint density at radius 3 is 2.30 bits per heavy atom. The SMILES string of the molecule is O=C1NC(=S)N(c2cccc(Cl)c2Cl)C(=O)/C1=C/c1cc(Cl)c(O)c(Cl)c1. The maximum Gasteiger partial charge on any atom is 0.270 e. The largest absolute Gasteiger partial charge is 0.505 e. The van der Waals surface area contributed by atoms with Gasteiger partial charge in [-0.25, -0.2) is 0 Å². The van der Waals surface area contributed by atoms with Crippen LogP contribution >= 0.6 is 58.6 Å². The van der Waals surface area contributed by atoms with E-state index in [1.807, 2.05) is 0 Å². The Morgan fingerprint density at radius 2 is 1.67 bits per heavy atom. The molecule has 27 heavy (non-hydrogen) atoms. The van der Waals surface area contributed by atoms with E-state index in [-0.39, 0.29) is 42.2 Å². The van der Waals surface area contributed by atoms with Crippen LogP contribution in [0.15, 0.2) is 35.9 Å². The van der Waals surface area contributed by atoms with Crippen molar-refractivity contribution in [3.05, 3.63) is 61.6 Å². The summed E-state index contributed by atoms with van der Waals surface area (Å²) in [5, 5.41) is 12.2. The fraction of sp³-hybridized carbons (Fsp3) is 0. The predicted molar refractivity (Wildman–Crippen MR) is 111 cm³/mol. The first-order valence-corrected chi connectivity index (χ1v) is 9.16. The molecule has 1 heterocycles. The summed E-state index contributed by atoms with van der Waals surface area (Å²) in [4.78, 5) is 26.3. The van der Waals surface area contributed by atoms with Gasteiger partial charge in [0.2, 0.25) is 0 Å². The van der Waals surface area contributed by atoms with Crippen molar-refractivity contribution >= 4 is 87.3 Å². The summed E-state index contributed by atoms with van der Waals surface area (Å²) in [6.45, 7) is 0. The molecule has 1 saturated heterocycles. The summed E-state index contributed by atoms with van der Waals surface area (Å²) in [6, 6.07) is 7.42. The van der Waals surface area contributed by atoms with Gasteiger partial charge in [-0.15, -0.1) is 0 Å². The van der Waals surface area contributed by atoms with Crippen LogP contribution in [0.1, 0.15) is 5.56 Å². The molecule has 0 atom stereocenters. The Hall–Kier alpha value is -1.83. The van der Waals surface area contributed by atoms with Gasteiger partial charge in [0.25, 0.3) is 11.8 Å². The number of phenols is 1. The van der Waals surface area contributed by atoms with Gasteiger partial charge < -0.3 is 5.11 Å². The molecule has 0 aromatic heterocycles. The molecule has 0 saturated carbocycles. The minimum absolute atomic E-state index is 0.0247. The summed E-state index contributed by atoms with van der Waals surface area (Å²) >= 11 is 29.1. The highest BCUT2D eigenvalue weighted by molar-refractivity contribution is 7.80. The molecule has 0 unspecified atom stereocenters. The Bertz CT molecular complexity index is 1020. The molecule has 138 valence electrons. The number of rotatable bonds is 2. The van der Waals surface area contributed by atoms with Crippen molar-refractivity contribution in [2.24, 2.45) is 0 Å². The molecule has 0 bridgehead atoms. The molecule has 5 nitrogen and oxygen atoms in total.